The van der Waals surface area contributed by atoms with E-state index in [-0.39, 0.29) is 5.41 Å². The third-order valence-electron chi connectivity index (χ3n) is 14.0. The van der Waals surface area contributed by atoms with E-state index in [1.165, 1.54) is 44.1 Å². The van der Waals surface area contributed by atoms with Crippen LogP contribution in [-0.4, -0.2) is 14.5 Å². The molecule has 4 heterocycles. The number of hydrogen-bond donors (Lipinski definition) is 0. The van der Waals surface area contributed by atoms with Crippen molar-refractivity contribution in [2.75, 3.05) is 0 Å². The van der Waals surface area contributed by atoms with Gasteiger partial charge < -0.3 is 13.4 Å². The van der Waals surface area contributed by atoms with Crippen molar-refractivity contribution in [2.24, 2.45) is 0 Å². The third-order valence-corrected chi connectivity index (χ3v) is 14.0. The van der Waals surface area contributed by atoms with Gasteiger partial charge in [-0.15, -0.1) is 0 Å². The normalized spacial score (nSPS) is 13.1. The third kappa shape index (κ3) is 5.40. The fraction of sp³-hybridized carbons (Fsp3) is 0.0492. The number of para-hydroxylation sites is 2. The molecular formula is C61H39N3O2. The second-order valence-corrected chi connectivity index (χ2v) is 18.1. The summed E-state index contributed by atoms with van der Waals surface area (Å²) in [7, 11) is 0. The van der Waals surface area contributed by atoms with Crippen molar-refractivity contribution >= 4 is 65.7 Å². The quantitative estimate of drug-likeness (QED) is 0.173. The Morgan fingerprint density at radius 3 is 1.88 bits per heavy atom. The van der Waals surface area contributed by atoms with E-state index in [1.807, 2.05) is 48.5 Å². The molecule has 9 aromatic carbocycles. The number of benzene rings is 9. The van der Waals surface area contributed by atoms with Crippen molar-refractivity contribution in [3.63, 3.8) is 0 Å². The number of fused-ring (bicyclic) bond motifs is 12. The number of hydrogen-bond acceptors (Lipinski definition) is 4. The molecule has 5 nitrogen and oxygen atoms in total. The second-order valence-electron chi connectivity index (χ2n) is 18.1. The zero-order valence-corrected chi connectivity index (χ0v) is 36.2. The van der Waals surface area contributed by atoms with Gasteiger partial charge in [-0.05, 0) is 112 Å². The monoisotopic (exact) mass is 845 g/mol. The Labute approximate surface area is 379 Å². The largest absolute Gasteiger partial charge is 0.456 e. The molecular weight excluding hydrogens is 807 g/mol. The van der Waals surface area contributed by atoms with Crippen LogP contribution in [0.15, 0.2) is 209 Å². The van der Waals surface area contributed by atoms with Crippen molar-refractivity contribution in [2.45, 2.75) is 19.3 Å². The van der Waals surface area contributed by atoms with E-state index in [0.717, 1.165) is 88.8 Å². The van der Waals surface area contributed by atoms with Gasteiger partial charge in [-0.3, -0.25) is 0 Å². The fourth-order valence-electron chi connectivity index (χ4n) is 10.8. The van der Waals surface area contributed by atoms with Crippen LogP contribution in [0, 0.1) is 0 Å². The van der Waals surface area contributed by atoms with Crippen LogP contribution in [0.1, 0.15) is 25.0 Å². The maximum atomic E-state index is 6.61. The average molecular weight is 846 g/mol. The van der Waals surface area contributed by atoms with Gasteiger partial charge in [-0.2, -0.15) is 0 Å². The molecule has 0 saturated carbocycles. The zero-order valence-electron chi connectivity index (χ0n) is 36.2. The molecule has 0 atom stereocenters. The first-order valence-electron chi connectivity index (χ1n) is 22.5. The first-order chi connectivity index (χ1) is 32.4. The first kappa shape index (κ1) is 36.9. The summed E-state index contributed by atoms with van der Waals surface area (Å²) < 4.78 is 15.4. The molecule has 5 heteroatoms. The first-order valence-corrected chi connectivity index (χ1v) is 22.5. The minimum Gasteiger partial charge on any atom is -0.456 e. The van der Waals surface area contributed by atoms with Crippen molar-refractivity contribution in [3.05, 3.63) is 211 Å². The zero-order chi connectivity index (χ0) is 43.7. The van der Waals surface area contributed by atoms with Gasteiger partial charge in [0.15, 0.2) is 5.82 Å². The predicted octanol–water partition coefficient (Wildman–Crippen LogP) is 16.3. The van der Waals surface area contributed by atoms with Gasteiger partial charge in [-0.25, -0.2) is 9.97 Å². The lowest BCUT2D eigenvalue weighted by Gasteiger charge is -2.21. The lowest BCUT2D eigenvalue weighted by molar-refractivity contribution is 0.661. The fourth-order valence-corrected chi connectivity index (χ4v) is 10.8. The van der Waals surface area contributed by atoms with Gasteiger partial charge in [0.25, 0.3) is 0 Å². The van der Waals surface area contributed by atoms with Gasteiger partial charge in [0.1, 0.15) is 22.3 Å². The van der Waals surface area contributed by atoms with E-state index in [4.69, 9.17) is 18.8 Å². The highest BCUT2D eigenvalue weighted by Crippen LogP contribution is 2.51. The van der Waals surface area contributed by atoms with Gasteiger partial charge in [-0.1, -0.05) is 135 Å². The number of aromatic nitrogens is 3. The van der Waals surface area contributed by atoms with E-state index in [9.17, 15) is 0 Å². The number of rotatable bonds is 5. The molecule has 0 spiro atoms. The molecule has 0 aliphatic heterocycles. The molecule has 13 aromatic rings. The standard InChI is InChI=1S/C61H39N3O2/c1-61(2)49-21-11-9-18-41(49)45-34-54-47(33-50(45)61)46-30-37(25-28-53(46)64(54)40-16-7-4-8-17-40)38-26-29-56-48(31-38)59-44(20-13-23-57(59)65-56)60-62-51(36-14-5-3-6-15-36)35-52(63-60)39-24-27-43-42-19-10-12-22-55(42)66-58(43)32-39/h3-35H,1-2H3. The van der Waals surface area contributed by atoms with Crippen LogP contribution in [0.3, 0.4) is 0 Å². The van der Waals surface area contributed by atoms with Crippen LogP contribution in [0.2, 0.25) is 0 Å². The average Bonchev–Trinajstić information content (AvgIpc) is 4.09. The highest BCUT2D eigenvalue weighted by molar-refractivity contribution is 6.15. The summed E-state index contributed by atoms with van der Waals surface area (Å²) in [6.07, 6.45) is 0. The van der Waals surface area contributed by atoms with Crippen molar-refractivity contribution in [1.29, 1.82) is 0 Å². The lowest BCUT2D eigenvalue weighted by Crippen LogP contribution is -2.14. The van der Waals surface area contributed by atoms with Crippen LogP contribution in [-0.2, 0) is 5.41 Å². The Balaban J connectivity index is 0.948. The van der Waals surface area contributed by atoms with Crippen molar-refractivity contribution in [1.82, 2.24) is 14.5 Å². The second kappa shape index (κ2) is 13.7. The van der Waals surface area contributed by atoms with Crippen LogP contribution in [0.4, 0.5) is 0 Å². The topological polar surface area (TPSA) is 57.0 Å². The van der Waals surface area contributed by atoms with Crippen LogP contribution < -0.4 is 0 Å². The summed E-state index contributed by atoms with van der Waals surface area (Å²) in [5.41, 5.74) is 18.9. The molecule has 0 saturated heterocycles. The Bertz CT molecular complexity index is 4140. The molecule has 14 rings (SSSR count). The van der Waals surface area contributed by atoms with Gasteiger partial charge in [0, 0.05) is 60.1 Å². The van der Waals surface area contributed by atoms with Crippen molar-refractivity contribution in [3.8, 4) is 61.8 Å². The van der Waals surface area contributed by atoms with Crippen LogP contribution >= 0.6 is 0 Å². The lowest BCUT2D eigenvalue weighted by atomic mass is 9.82. The smallest absolute Gasteiger partial charge is 0.161 e. The van der Waals surface area contributed by atoms with Crippen LogP contribution in [0.5, 0.6) is 0 Å². The van der Waals surface area contributed by atoms with E-state index < -0.39 is 0 Å². The van der Waals surface area contributed by atoms with E-state index in [2.05, 4.69) is 170 Å². The van der Waals surface area contributed by atoms with E-state index >= 15 is 0 Å². The Morgan fingerprint density at radius 1 is 0.379 bits per heavy atom. The molecule has 0 unspecified atom stereocenters. The minimum absolute atomic E-state index is 0.114. The van der Waals surface area contributed by atoms with Gasteiger partial charge in [0.2, 0.25) is 0 Å². The minimum atomic E-state index is -0.114. The Morgan fingerprint density at radius 2 is 1.02 bits per heavy atom. The predicted molar refractivity (Wildman–Crippen MR) is 270 cm³/mol. The Kier molecular flexibility index (Phi) is 7.68. The molecule has 0 fully saturated rings. The summed E-state index contributed by atoms with van der Waals surface area (Å²) in [4.78, 5) is 10.6. The number of nitrogens with zero attached hydrogens (tertiary/aromatic N) is 3. The summed E-state index contributed by atoms with van der Waals surface area (Å²) in [5, 5.41) is 6.65. The summed E-state index contributed by atoms with van der Waals surface area (Å²) >= 11 is 0. The molecule has 1 aliphatic carbocycles. The molecule has 310 valence electrons. The van der Waals surface area contributed by atoms with E-state index in [1.54, 1.807) is 0 Å². The maximum absolute atomic E-state index is 6.61. The molecule has 1 aliphatic rings. The van der Waals surface area contributed by atoms with Gasteiger partial charge in [0.05, 0.1) is 22.4 Å². The molecule has 4 aromatic heterocycles. The summed E-state index contributed by atoms with van der Waals surface area (Å²) in [6, 6.07) is 71.1. The highest BCUT2D eigenvalue weighted by Gasteiger charge is 2.36. The highest BCUT2D eigenvalue weighted by atomic mass is 16.3. The SMILES string of the molecule is CC1(C)c2ccccc2-c2cc3c(cc21)c1cc(-c2ccc4oc5cccc(-c6nc(-c7ccccc7)cc(-c7ccc8c(c7)oc7ccccc78)n6)c5c4c2)ccc1n3-c1ccccc1. The number of furan rings is 2. The molecule has 0 amide bonds. The van der Waals surface area contributed by atoms with Crippen LogP contribution in [0.25, 0.3) is 128 Å². The molecule has 0 bridgehead atoms. The van der Waals surface area contributed by atoms with E-state index in [0.29, 0.717) is 5.82 Å². The summed E-state index contributed by atoms with van der Waals surface area (Å²) in [5.74, 6) is 0.627. The van der Waals surface area contributed by atoms with Crippen molar-refractivity contribution < 1.29 is 8.83 Å². The molecule has 0 N–H and O–H groups in total. The molecule has 66 heavy (non-hydrogen) atoms. The maximum Gasteiger partial charge on any atom is 0.161 e. The summed E-state index contributed by atoms with van der Waals surface area (Å²) in [6.45, 7) is 4.71. The van der Waals surface area contributed by atoms with Gasteiger partial charge >= 0.3 is 0 Å². The molecule has 0 radical (unpaired) electrons. The Hall–Kier alpha value is -8.54.